The molecule has 3 rings (SSSR count). The summed E-state index contributed by atoms with van der Waals surface area (Å²) < 4.78 is 61.2. The van der Waals surface area contributed by atoms with Crippen LogP contribution in [0.5, 0.6) is 5.75 Å². The number of sulfonamides is 2. The predicted molar refractivity (Wildman–Crippen MR) is 144 cm³/mol. The van der Waals surface area contributed by atoms with E-state index in [0.29, 0.717) is 10.6 Å². The van der Waals surface area contributed by atoms with Gasteiger partial charge in [0.25, 0.3) is 10.0 Å². The lowest BCUT2D eigenvalue weighted by molar-refractivity contribution is -0.114. The average molecular weight is 566 g/mol. The highest BCUT2D eigenvalue weighted by Crippen LogP contribution is 2.31. The van der Waals surface area contributed by atoms with Crippen molar-refractivity contribution in [2.75, 3.05) is 23.3 Å². The minimum atomic E-state index is -4.16. The van der Waals surface area contributed by atoms with Crippen LogP contribution in [0.3, 0.4) is 0 Å². The van der Waals surface area contributed by atoms with E-state index in [1.54, 1.807) is 51.1 Å². The van der Waals surface area contributed by atoms with E-state index in [4.69, 9.17) is 16.3 Å². The third kappa shape index (κ3) is 6.80. The van der Waals surface area contributed by atoms with Crippen molar-refractivity contribution in [2.45, 2.75) is 36.6 Å². The molecule has 0 atom stereocenters. The highest BCUT2D eigenvalue weighted by Gasteiger charge is 2.29. The van der Waals surface area contributed by atoms with Gasteiger partial charge in [-0.05, 0) is 68.8 Å². The molecule has 0 aromatic heterocycles. The van der Waals surface area contributed by atoms with Crippen LogP contribution in [0, 0.1) is 6.92 Å². The summed E-state index contributed by atoms with van der Waals surface area (Å²) >= 11 is 6.16. The summed E-state index contributed by atoms with van der Waals surface area (Å²) in [5.41, 5.74) is 0.886. The fourth-order valence-corrected chi connectivity index (χ4v) is 6.46. The van der Waals surface area contributed by atoms with Crippen molar-refractivity contribution >= 4 is 48.9 Å². The quantitative estimate of drug-likeness (QED) is 0.380. The number of anilines is 2. The molecule has 1 amide bonds. The number of methoxy groups -OCH3 is 1. The highest BCUT2D eigenvalue weighted by molar-refractivity contribution is 7.92. The van der Waals surface area contributed by atoms with Crippen LogP contribution in [0.15, 0.2) is 76.5 Å². The van der Waals surface area contributed by atoms with E-state index >= 15 is 0 Å². The van der Waals surface area contributed by atoms with Crippen molar-refractivity contribution in [3.8, 4) is 5.75 Å². The van der Waals surface area contributed by atoms with Crippen molar-refractivity contribution in [2.24, 2.45) is 0 Å². The van der Waals surface area contributed by atoms with Gasteiger partial charge in [0.15, 0.2) is 0 Å². The normalized spacial score (nSPS) is 11.8. The first-order valence-corrected chi connectivity index (χ1v) is 14.5. The molecule has 0 spiro atoms. The molecule has 3 aromatic rings. The number of aryl methyl sites for hydroxylation is 1. The second-order valence-corrected chi connectivity index (χ2v) is 12.5. The maximum absolute atomic E-state index is 13.6. The molecule has 3 aromatic carbocycles. The number of carbonyl (C=O) groups is 1. The molecule has 0 saturated heterocycles. The number of ether oxygens (including phenoxy) is 1. The van der Waals surface area contributed by atoms with Gasteiger partial charge in [0.05, 0.1) is 28.3 Å². The first-order valence-electron chi connectivity index (χ1n) is 11.2. The van der Waals surface area contributed by atoms with E-state index in [1.165, 1.54) is 43.5 Å². The molecule has 0 saturated carbocycles. The number of nitrogens with one attached hydrogen (secondary N) is 2. The first-order chi connectivity index (χ1) is 17.3. The van der Waals surface area contributed by atoms with E-state index in [-0.39, 0.29) is 33.0 Å². The summed E-state index contributed by atoms with van der Waals surface area (Å²) in [4.78, 5) is 13.1. The second-order valence-electron chi connectivity index (χ2n) is 8.44. The van der Waals surface area contributed by atoms with Crippen LogP contribution in [-0.4, -0.2) is 42.4 Å². The fraction of sp³-hybridized carbons (Fsp3) is 0.240. The summed E-state index contributed by atoms with van der Waals surface area (Å²) in [5.74, 6) is -0.517. The van der Waals surface area contributed by atoms with E-state index in [0.717, 1.165) is 4.31 Å². The Kier molecular flexibility index (Phi) is 8.85. The number of nitrogens with zero attached hydrogens (tertiary/aromatic N) is 1. The number of hydrogen-bond acceptors (Lipinski definition) is 6. The van der Waals surface area contributed by atoms with Gasteiger partial charge in [0.2, 0.25) is 15.9 Å². The largest absolute Gasteiger partial charge is 0.495 e. The van der Waals surface area contributed by atoms with E-state index in [2.05, 4.69) is 10.0 Å². The Bertz CT molecular complexity index is 1490. The standard InChI is InChI=1S/C25H28ClN3O6S2/c1-17(2)28-36(31,32)21-12-13-24(35-4)22(15-21)27-25(30)16-29(23-14-19(26)11-10-18(23)3)37(33,34)20-8-6-5-7-9-20/h5-15,17,28H,16H2,1-4H3,(H,27,30). The van der Waals surface area contributed by atoms with Crippen molar-refractivity contribution in [1.29, 1.82) is 0 Å². The number of rotatable bonds is 10. The van der Waals surface area contributed by atoms with E-state index in [9.17, 15) is 21.6 Å². The molecule has 2 N–H and O–H groups in total. The molecule has 37 heavy (non-hydrogen) atoms. The average Bonchev–Trinajstić information content (AvgIpc) is 2.84. The monoisotopic (exact) mass is 565 g/mol. The molecular formula is C25H28ClN3O6S2. The van der Waals surface area contributed by atoms with Gasteiger partial charge in [-0.25, -0.2) is 21.6 Å². The van der Waals surface area contributed by atoms with E-state index < -0.39 is 32.5 Å². The molecule has 0 aliphatic rings. The number of carbonyl (C=O) groups excluding carboxylic acids is 1. The van der Waals surface area contributed by atoms with Crippen LogP contribution in [0.1, 0.15) is 19.4 Å². The summed E-state index contributed by atoms with van der Waals surface area (Å²) in [6, 6.07) is 16.1. The maximum Gasteiger partial charge on any atom is 0.264 e. The Morgan fingerprint density at radius 1 is 0.973 bits per heavy atom. The molecule has 0 unspecified atom stereocenters. The van der Waals surface area contributed by atoms with Gasteiger partial charge in [-0.15, -0.1) is 0 Å². The Hall–Kier alpha value is -3.12. The Morgan fingerprint density at radius 2 is 1.65 bits per heavy atom. The lowest BCUT2D eigenvalue weighted by Crippen LogP contribution is -2.38. The van der Waals surface area contributed by atoms with Crippen LogP contribution in [0.25, 0.3) is 0 Å². The van der Waals surface area contributed by atoms with Crippen molar-refractivity contribution in [1.82, 2.24) is 4.72 Å². The van der Waals surface area contributed by atoms with Crippen LogP contribution in [-0.2, 0) is 24.8 Å². The number of halogens is 1. The third-order valence-corrected chi connectivity index (χ3v) is 8.87. The van der Waals surface area contributed by atoms with Gasteiger partial charge < -0.3 is 10.1 Å². The van der Waals surface area contributed by atoms with Gasteiger partial charge in [-0.3, -0.25) is 9.10 Å². The van der Waals surface area contributed by atoms with Gasteiger partial charge >= 0.3 is 0 Å². The van der Waals surface area contributed by atoms with Crippen LogP contribution < -0.4 is 19.1 Å². The second kappa shape index (κ2) is 11.5. The molecule has 9 nitrogen and oxygen atoms in total. The minimum absolute atomic E-state index is 0.00685. The Labute approximate surface area is 222 Å². The molecule has 0 fully saturated rings. The molecule has 0 aliphatic heterocycles. The zero-order valence-electron chi connectivity index (χ0n) is 20.7. The lowest BCUT2D eigenvalue weighted by Gasteiger charge is -2.26. The van der Waals surface area contributed by atoms with Gasteiger partial charge in [-0.1, -0.05) is 35.9 Å². The fourth-order valence-electron chi connectivity index (χ4n) is 3.52. The predicted octanol–water partition coefficient (Wildman–Crippen LogP) is 4.18. The van der Waals surface area contributed by atoms with Gasteiger partial charge in [0.1, 0.15) is 12.3 Å². The molecule has 0 radical (unpaired) electrons. The molecule has 0 bridgehead atoms. The third-order valence-electron chi connectivity index (χ3n) is 5.20. The summed E-state index contributed by atoms with van der Waals surface area (Å²) in [6.45, 7) is 4.46. The number of amides is 1. The summed E-state index contributed by atoms with van der Waals surface area (Å²) in [7, 11) is -6.65. The lowest BCUT2D eigenvalue weighted by atomic mass is 10.2. The van der Waals surface area contributed by atoms with Crippen molar-refractivity contribution < 1.29 is 26.4 Å². The molecular weight excluding hydrogens is 538 g/mol. The zero-order valence-corrected chi connectivity index (χ0v) is 23.1. The van der Waals surface area contributed by atoms with E-state index in [1.807, 2.05) is 0 Å². The van der Waals surface area contributed by atoms with Gasteiger partial charge in [0, 0.05) is 11.1 Å². The Balaban J connectivity index is 2.01. The number of hydrogen-bond donors (Lipinski definition) is 2. The van der Waals surface area contributed by atoms with Gasteiger partial charge in [-0.2, -0.15) is 0 Å². The van der Waals surface area contributed by atoms with Crippen LogP contribution >= 0.6 is 11.6 Å². The first kappa shape index (κ1) is 28.5. The molecule has 198 valence electrons. The topological polar surface area (TPSA) is 122 Å². The van der Waals surface area contributed by atoms with Crippen LogP contribution in [0.4, 0.5) is 11.4 Å². The SMILES string of the molecule is COc1ccc(S(=O)(=O)NC(C)C)cc1NC(=O)CN(c1cc(Cl)ccc1C)S(=O)(=O)c1ccccc1. The Morgan fingerprint density at radius 3 is 2.27 bits per heavy atom. The minimum Gasteiger partial charge on any atom is -0.495 e. The molecule has 0 aliphatic carbocycles. The van der Waals surface area contributed by atoms with Crippen LogP contribution in [0.2, 0.25) is 5.02 Å². The number of benzene rings is 3. The molecule has 12 heteroatoms. The summed E-state index contributed by atoms with van der Waals surface area (Å²) in [6.07, 6.45) is 0. The zero-order chi connectivity index (χ0) is 27.4. The molecule has 0 heterocycles. The summed E-state index contributed by atoms with van der Waals surface area (Å²) in [5, 5.41) is 2.89. The highest BCUT2D eigenvalue weighted by atomic mass is 35.5. The maximum atomic E-state index is 13.6. The van der Waals surface area contributed by atoms with Crippen molar-refractivity contribution in [3.05, 3.63) is 77.3 Å². The smallest absolute Gasteiger partial charge is 0.264 e. The van der Waals surface area contributed by atoms with Crippen molar-refractivity contribution in [3.63, 3.8) is 0 Å².